The summed E-state index contributed by atoms with van der Waals surface area (Å²) in [6.07, 6.45) is 4.14. The Hall–Kier alpha value is -3.15. The molecule has 2 aromatic heterocycles. The van der Waals surface area contributed by atoms with Gasteiger partial charge < -0.3 is 10.6 Å². The molecule has 0 spiro atoms. The van der Waals surface area contributed by atoms with Crippen LogP contribution in [0.25, 0.3) is 11.1 Å². The van der Waals surface area contributed by atoms with E-state index in [1.807, 2.05) is 56.3 Å². The van der Waals surface area contributed by atoms with Gasteiger partial charge in [0.25, 0.3) is 0 Å². The van der Waals surface area contributed by atoms with Crippen LogP contribution in [0.5, 0.6) is 0 Å². The number of hydrogen-bond donors (Lipinski definition) is 3. The Morgan fingerprint density at radius 3 is 2.68 bits per heavy atom. The van der Waals surface area contributed by atoms with Crippen LogP contribution in [0, 0.1) is 6.92 Å². The molecular weight excluding hydrogens is 314 g/mol. The molecule has 1 atom stereocenters. The van der Waals surface area contributed by atoms with E-state index < -0.39 is 0 Å². The van der Waals surface area contributed by atoms with Gasteiger partial charge >= 0.3 is 6.03 Å². The number of amides is 2. The maximum Gasteiger partial charge on any atom is 0.319 e. The second-order valence-electron chi connectivity index (χ2n) is 6.03. The van der Waals surface area contributed by atoms with E-state index >= 15 is 0 Å². The molecule has 25 heavy (non-hydrogen) atoms. The summed E-state index contributed by atoms with van der Waals surface area (Å²) < 4.78 is 0. The predicted molar refractivity (Wildman–Crippen MR) is 98.3 cm³/mol. The lowest BCUT2D eigenvalue weighted by atomic mass is 10.1. The molecule has 0 aliphatic rings. The number of H-pyrrole nitrogens is 1. The van der Waals surface area contributed by atoms with Crippen molar-refractivity contribution in [3.63, 3.8) is 0 Å². The summed E-state index contributed by atoms with van der Waals surface area (Å²) in [5, 5.41) is 13.0. The number of aromatic nitrogens is 3. The molecule has 128 valence electrons. The average molecular weight is 335 g/mol. The molecule has 0 fully saturated rings. The van der Waals surface area contributed by atoms with Gasteiger partial charge in [-0.3, -0.25) is 10.1 Å². The van der Waals surface area contributed by atoms with Crippen molar-refractivity contribution in [3.8, 4) is 11.1 Å². The lowest BCUT2D eigenvalue weighted by Gasteiger charge is -2.15. The first-order valence-corrected chi connectivity index (χ1v) is 8.19. The molecule has 6 heteroatoms. The van der Waals surface area contributed by atoms with Gasteiger partial charge in [0, 0.05) is 36.1 Å². The first kappa shape index (κ1) is 16.7. The number of aromatic amines is 1. The first-order valence-electron chi connectivity index (χ1n) is 8.19. The third-order valence-electron chi connectivity index (χ3n) is 3.82. The Kier molecular flexibility index (Phi) is 5.09. The third-order valence-corrected chi connectivity index (χ3v) is 3.82. The highest BCUT2D eigenvalue weighted by Crippen LogP contribution is 2.27. The van der Waals surface area contributed by atoms with Crippen molar-refractivity contribution in [2.45, 2.75) is 26.3 Å². The molecule has 6 nitrogen and oxygen atoms in total. The monoisotopic (exact) mass is 335 g/mol. The van der Waals surface area contributed by atoms with Gasteiger partial charge in [0.15, 0.2) is 0 Å². The topological polar surface area (TPSA) is 82.7 Å². The van der Waals surface area contributed by atoms with Gasteiger partial charge in [0.2, 0.25) is 0 Å². The Morgan fingerprint density at radius 2 is 1.96 bits per heavy atom. The zero-order valence-electron chi connectivity index (χ0n) is 14.3. The van der Waals surface area contributed by atoms with Crippen LogP contribution in [0.15, 0.2) is 54.9 Å². The molecule has 2 amide bonds. The lowest BCUT2D eigenvalue weighted by Crippen LogP contribution is -2.37. The van der Waals surface area contributed by atoms with Gasteiger partial charge in [-0.05, 0) is 43.7 Å². The number of benzene rings is 1. The minimum atomic E-state index is -0.235. The van der Waals surface area contributed by atoms with Gasteiger partial charge in [-0.1, -0.05) is 18.2 Å². The second kappa shape index (κ2) is 7.61. The third kappa shape index (κ3) is 4.44. The fourth-order valence-electron chi connectivity index (χ4n) is 2.70. The van der Waals surface area contributed by atoms with Crippen molar-refractivity contribution in [2.75, 3.05) is 5.32 Å². The molecule has 0 aliphatic carbocycles. The van der Waals surface area contributed by atoms with E-state index in [0.29, 0.717) is 6.42 Å². The maximum absolute atomic E-state index is 12.3. The summed E-state index contributed by atoms with van der Waals surface area (Å²) in [4.78, 5) is 16.4. The zero-order valence-corrected chi connectivity index (χ0v) is 14.3. The Labute approximate surface area is 146 Å². The quantitative estimate of drug-likeness (QED) is 0.667. The number of nitrogens with zero attached hydrogens (tertiary/aromatic N) is 2. The summed E-state index contributed by atoms with van der Waals surface area (Å²) in [6, 6.07) is 13.3. The van der Waals surface area contributed by atoms with Crippen LogP contribution in [0.1, 0.15) is 18.3 Å². The lowest BCUT2D eigenvalue weighted by molar-refractivity contribution is 0.249. The molecule has 0 bridgehead atoms. The van der Waals surface area contributed by atoms with Crippen molar-refractivity contribution in [2.24, 2.45) is 0 Å². The summed E-state index contributed by atoms with van der Waals surface area (Å²) in [6.45, 7) is 3.91. The highest BCUT2D eigenvalue weighted by atomic mass is 16.2. The van der Waals surface area contributed by atoms with Gasteiger partial charge in [0.1, 0.15) is 0 Å². The van der Waals surface area contributed by atoms with Gasteiger partial charge in [-0.15, -0.1) is 0 Å². The number of carbonyl (C=O) groups is 1. The van der Waals surface area contributed by atoms with Crippen LogP contribution in [-0.4, -0.2) is 27.3 Å². The number of carbonyl (C=O) groups excluding carboxylic acids is 1. The molecule has 0 saturated carbocycles. The SMILES string of the molecule is Cc1cc(C[C@H](C)NC(=O)Nc2ccccc2-c2ccncc2)n[nH]1. The Bertz CT molecular complexity index is 844. The van der Waals surface area contributed by atoms with Crippen LogP contribution in [-0.2, 0) is 6.42 Å². The van der Waals surface area contributed by atoms with E-state index in [2.05, 4.69) is 25.8 Å². The number of anilines is 1. The van der Waals surface area contributed by atoms with Crippen molar-refractivity contribution in [1.82, 2.24) is 20.5 Å². The summed E-state index contributed by atoms with van der Waals surface area (Å²) in [5.41, 5.74) is 4.66. The molecular formula is C19H21N5O. The highest BCUT2D eigenvalue weighted by Gasteiger charge is 2.12. The Morgan fingerprint density at radius 1 is 1.20 bits per heavy atom. The largest absolute Gasteiger partial charge is 0.335 e. The molecule has 3 rings (SSSR count). The minimum absolute atomic E-state index is 0.0317. The number of aryl methyl sites for hydroxylation is 1. The molecule has 0 unspecified atom stereocenters. The van der Waals surface area contributed by atoms with E-state index in [4.69, 9.17) is 0 Å². The van der Waals surface area contributed by atoms with E-state index in [1.54, 1.807) is 12.4 Å². The van der Waals surface area contributed by atoms with E-state index in [9.17, 15) is 4.79 Å². The maximum atomic E-state index is 12.3. The van der Waals surface area contributed by atoms with Crippen LogP contribution in [0.4, 0.5) is 10.5 Å². The van der Waals surface area contributed by atoms with E-state index in [-0.39, 0.29) is 12.1 Å². The number of pyridine rings is 1. The summed E-state index contributed by atoms with van der Waals surface area (Å²) >= 11 is 0. The van der Waals surface area contributed by atoms with Gasteiger partial charge in [0.05, 0.1) is 11.4 Å². The van der Waals surface area contributed by atoms with Crippen molar-refractivity contribution >= 4 is 11.7 Å². The number of hydrogen-bond acceptors (Lipinski definition) is 3. The standard InChI is InChI=1S/C19H21N5O/c1-13(11-16-12-14(2)23-24-16)21-19(25)22-18-6-4-3-5-17(18)15-7-9-20-10-8-15/h3-10,12-13H,11H2,1-2H3,(H,23,24)(H2,21,22,25)/t13-/m0/s1. The van der Waals surface area contributed by atoms with E-state index in [1.165, 1.54) is 0 Å². The molecule has 3 aromatic rings. The average Bonchev–Trinajstić information content (AvgIpc) is 3.00. The van der Waals surface area contributed by atoms with Crippen molar-refractivity contribution < 1.29 is 4.79 Å². The van der Waals surface area contributed by atoms with Crippen molar-refractivity contribution in [3.05, 3.63) is 66.2 Å². The first-order chi connectivity index (χ1) is 12.1. The molecule has 2 heterocycles. The molecule has 0 radical (unpaired) electrons. The molecule has 0 aliphatic heterocycles. The van der Waals surface area contributed by atoms with E-state index in [0.717, 1.165) is 28.2 Å². The van der Waals surface area contributed by atoms with Crippen LogP contribution < -0.4 is 10.6 Å². The Balaban J connectivity index is 1.65. The van der Waals surface area contributed by atoms with Crippen LogP contribution in [0.3, 0.4) is 0 Å². The second-order valence-corrected chi connectivity index (χ2v) is 6.03. The fraction of sp³-hybridized carbons (Fsp3) is 0.211. The number of urea groups is 1. The molecule has 1 aromatic carbocycles. The zero-order chi connectivity index (χ0) is 17.6. The smallest absolute Gasteiger partial charge is 0.319 e. The summed E-state index contributed by atoms with van der Waals surface area (Å²) in [7, 11) is 0. The number of nitrogens with one attached hydrogen (secondary N) is 3. The predicted octanol–water partition coefficient (Wildman–Crippen LogP) is 3.53. The highest BCUT2D eigenvalue weighted by molar-refractivity contribution is 5.94. The van der Waals surface area contributed by atoms with Crippen LogP contribution >= 0.6 is 0 Å². The molecule has 0 saturated heterocycles. The van der Waals surface area contributed by atoms with Crippen LogP contribution in [0.2, 0.25) is 0 Å². The fourth-order valence-corrected chi connectivity index (χ4v) is 2.70. The normalized spacial score (nSPS) is 11.8. The summed E-state index contributed by atoms with van der Waals surface area (Å²) in [5.74, 6) is 0. The van der Waals surface area contributed by atoms with Gasteiger partial charge in [-0.2, -0.15) is 5.10 Å². The van der Waals surface area contributed by atoms with Gasteiger partial charge in [-0.25, -0.2) is 4.79 Å². The minimum Gasteiger partial charge on any atom is -0.335 e. The number of rotatable bonds is 5. The molecule has 3 N–H and O–H groups in total. The van der Waals surface area contributed by atoms with Crippen molar-refractivity contribution in [1.29, 1.82) is 0 Å². The number of para-hydroxylation sites is 1.